The standard InChI is InChI=1S/C12H13BrO/c1-8-4-3-5-9-6-10(14-2)7-11(13)12(8)9/h6-7H,1,3-5H2,2H3. The van der Waals surface area contributed by atoms with E-state index in [0.29, 0.717) is 0 Å². The van der Waals surface area contributed by atoms with Gasteiger partial charge >= 0.3 is 0 Å². The van der Waals surface area contributed by atoms with Crippen molar-refractivity contribution in [1.82, 2.24) is 0 Å². The van der Waals surface area contributed by atoms with E-state index in [2.05, 4.69) is 28.6 Å². The molecule has 1 nitrogen and oxygen atoms in total. The Morgan fingerprint density at radius 3 is 2.86 bits per heavy atom. The highest BCUT2D eigenvalue weighted by atomic mass is 79.9. The van der Waals surface area contributed by atoms with Gasteiger partial charge in [0.25, 0.3) is 0 Å². The highest BCUT2D eigenvalue weighted by Crippen LogP contribution is 2.37. The molecule has 0 atom stereocenters. The quantitative estimate of drug-likeness (QED) is 0.739. The first-order valence-corrected chi connectivity index (χ1v) is 5.56. The third kappa shape index (κ3) is 1.59. The Morgan fingerprint density at radius 1 is 1.36 bits per heavy atom. The van der Waals surface area contributed by atoms with Gasteiger partial charge in [0, 0.05) is 4.47 Å². The predicted octanol–water partition coefficient (Wildman–Crippen LogP) is 3.81. The summed E-state index contributed by atoms with van der Waals surface area (Å²) in [6.07, 6.45) is 3.44. The van der Waals surface area contributed by atoms with Crippen molar-refractivity contribution >= 4 is 21.5 Å². The molecule has 74 valence electrons. The third-order valence-corrected chi connectivity index (χ3v) is 3.28. The van der Waals surface area contributed by atoms with Crippen LogP contribution < -0.4 is 4.74 Å². The molecule has 1 aromatic carbocycles. The summed E-state index contributed by atoms with van der Waals surface area (Å²) in [5, 5.41) is 0. The summed E-state index contributed by atoms with van der Waals surface area (Å²) in [7, 11) is 1.70. The summed E-state index contributed by atoms with van der Waals surface area (Å²) in [4.78, 5) is 0. The number of rotatable bonds is 1. The number of aryl methyl sites for hydroxylation is 1. The summed E-state index contributed by atoms with van der Waals surface area (Å²) in [5.41, 5.74) is 3.88. The zero-order valence-corrected chi connectivity index (χ0v) is 9.86. The van der Waals surface area contributed by atoms with Crippen molar-refractivity contribution in [2.24, 2.45) is 0 Å². The molecule has 0 saturated carbocycles. The van der Waals surface area contributed by atoms with Gasteiger partial charge < -0.3 is 4.74 Å². The largest absolute Gasteiger partial charge is 0.497 e. The monoisotopic (exact) mass is 252 g/mol. The fourth-order valence-corrected chi connectivity index (χ4v) is 2.72. The van der Waals surface area contributed by atoms with Crippen molar-refractivity contribution in [1.29, 1.82) is 0 Å². The molecule has 0 fully saturated rings. The number of hydrogen-bond acceptors (Lipinski definition) is 1. The number of hydrogen-bond donors (Lipinski definition) is 0. The minimum absolute atomic E-state index is 0.922. The molecule has 0 N–H and O–H groups in total. The van der Waals surface area contributed by atoms with Gasteiger partial charge in [-0.15, -0.1) is 0 Å². The summed E-state index contributed by atoms with van der Waals surface area (Å²) in [6, 6.07) is 4.12. The second-order valence-corrected chi connectivity index (χ2v) is 4.45. The van der Waals surface area contributed by atoms with E-state index in [1.165, 1.54) is 23.1 Å². The van der Waals surface area contributed by atoms with Crippen LogP contribution in [0.25, 0.3) is 5.57 Å². The first kappa shape index (κ1) is 9.78. The van der Waals surface area contributed by atoms with Gasteiger partial charge in [-0.05, 0) is 48.1 Å². The number of ether oxygens (including phenoxy) is 1. The summed E-state index contributed by atoms with van der Waals surface area (Å²) < 4.78 is 6.34. The smallest absolute Gasteiger partial charge is 0.120 e. The minimum atomic E-state index is 0.922. The van der Waals surface area contributed by atoms with Gasteiger partial charge in [0.15, 0.2) is 0 Å². The Kier molecular flexibility index (Phi) is 2.64. The van der Waals surface area contributed by atoms with Crippen LogP contribution in [0.3, 0.4) is 0 Å². The molecule has 0 bridgehead atoms. The van der Waals surface area contributed by atoms with E-state index >= 15 is 0 Å². The normalized spacial score (nSPS) is 15.1. The molecule has 0 heterocycles. The van der Waals surface area contributed by atoms with Crippen molar-refractivity contribution in [3.8, 4) is 5.75 Å². The Morgan fingerprint density at radius 2 is 2.14 bits per heavy atom. The number of halogens is 1. The molecule has 1 aliphatic carbocycles. The van der Waals surface area contributed by atoms with Crippen LogP contribution in [-0.2, 0) is 6.42 Å². The van der Waals surface area contributed by atoms with Gasteiger partial charge in [-0.2, -0.15) is 0 Å². The molecule has 0 radical (unpaired) electrons. The van der Waals surface area contributed by atoms with Crippen LogP contribution in [0.1, 0.15) is 24.0 Å². The maximum absolute atomic E-state index is 5.24. The fraction of sp³-hybridized carbons (Fsp3) is 0.333. The lowest BCUT2D eigenvalue weighted by molar-refractivity contribution is 0.413. The lowest BCUT2D eigenvalue weighted by Crippen LogP contribution is -2.02. The zero-order chi connectivity index (χ0) is 10.1. The molecule has 0 aromatic heterocycles. The van der Waals surface area contributed by atoms with E-state index in [1.807, 2.05) is 6.07 Å². The van der Waals surface area contributed by atoms with Gasteiger partial charge in [0.2, 0.25) is 0 Å². The Labute approximate surface area is 92.9 Å². The maximum atomic E-state index is 5.24. The van der Waals surface area contributed by atoms with E-state index in [9.17, 15) is 0 Å². The molecule has 0 amide bonds. The molecule has 1 aliphatic rings. The fourth-order valence-electron chi connectivity index (χ4n) is 1.96. The number of methoxy groups -OCH3 is 1. The van der Waals surface area contributed by atoms with Crippen LogP contribution in [-0.4, -0.2) is 7.11 Å². The number of allylic oxidation sites excluding steroid dienone is 1. The molecule has 14 heavy (non-hydrogen) atoms. The molecule has 0 spiro atoms. The molecule has 2 rings (SSSR count). The van der Waals surface area contributed by atoms with E-state index in [-0.39, 0.29) is 0 Å². The van der Waals surface area contributed by atoms with Crippen molar-refractivity contribution in [2.75, 3.05) is 7.11 Å². The van der Waals surface area contributed by atoms with Crippen molar-refractivity contribution in [3.05, 3.63) is 34.3 Å². The Hall–Kier alpha value is -0.760. The third-order valence-electron chi connectivity index (χ3n) is 2.66. The van der Waals surface area contributed by atoms with Gasteiger partial charge in [-0.25, -0.2) is 0 Å². The molecule has 1 aromatic rings. The first-order chi connectivity index (χ1) is 6.72. The summed E-state index contributed by atoms with van der Waals surface area (Å²) >= 11 is 3.57. The van der Waals surface area contributed by atoms with Crippen LogP contribution in [0.15, 0.2) is 23.2 Å². The summed E-state index contributed by atoms with van der Waals surface area (Å²) in [5.74, 6) is 0.922. The highest BCUT2D eigenvalue weighted by Gasteiger charge is 2.16. The van der Waals surface area contributed by atoms with Crippen LogP contribution in [0.2, 0.25) is 0 Å². The lowest BCUT2D eigenvalue weighted by Gasteiger charge is -2.20. The average molecular weight is 253 g/mol. The number of fused-ring (bicyclic) bond motifs is 1. The molecule has 0 saturated heterocycles. The summed E-state index contributed by atoms with van der Waals surface area (Å²) in [6.45, 7) is 4.10. The van der Waals surface area contributed by atoms with E-state index in [0.717, 1.165) is 23.1 Å². The van der Waals surface area contributed by atoms with Crippen LogP contribution in [0, 0.1) is 0 Å². The van der Waals surface area contributed by atoms with Crippen LogP contribution >= 0.6 is 15.9 Å². The van der Waals surface area contributed by atoms with Gasteiger partial charge in [0.1, 0.15) is 5.75 Å². The molecular formula is C12H13BrO. The SMILES string of the molecule is C=C1CCCc2cc(OC)cc(Br)c21. The second-order valence-electron chi connectivity index (χ2n) is 3.60. The molecular weight excluding hydrogens is 240 g/mol. The Bertz CT molecular complexity index is 382. The van der Waals surface area contributed by atoms with E-state index < -0.39 is 0 Å². The maximum Gasteiger partial charge on any atom is 0.120 e. The highest BCUT2D eigenvalue weighted by molar-refractivity contribution is 9.10. The Balaban J connectivity index is 2.56. The topological polar surface area (TPSA) is 9.23 Å². The van der Waals surface area contributed by atoms with E-state index in [1.54, 1.807) is 7.11 Å². The van der Waals surface area contributed by atoms with E-state index in [4.69, 9.17) is 4.74 Å². The van der Waals surface area contributed by atoms with Crippen molar-refractivity contribution < 1.29 is 4.74 Å². The molecule has 0 unspecified atom stereocenters. The van der Waals surface area contributed by atoms with Crippen LogP contribution in [0.5, 0.6) is 5.75 Å². The van der Waals surface area contributed by atoms with Crippen molar-refractivity contribution in [3.63, 3.8) is 0 Å². The lowest BCUT2D eigenvalue weighted by atomic mass is 9.88. The van der Waals surface area contributed by atoms with Gasteiger partial charge in [0.05, 0.1) is 7.11 Å². The van der Waals surface area contributed by atoms with Crippen LogP contribution in [0.4, 0.5) is 0 Å². The van der Waals surface area contributed by atoms with Gasteiger partial charge in [-0.3, -0.25) is 0 Å². The molecule has 0 aliphatic heterocycles. The number of benzene rings is 1. The molecule has 2 heteroatoms. The van der Waals surface area contributed by atoms with Gasteiger partial charge in [-0.1, -0.05) is 22.5 Å². The second kappa shape index (κ2) is 3.77. The predicted molar refractivity (Wildman–Crippen MR) is 62.7 cm³/mol. The minimum Gasteiger partial charge on any atom is -0.497 e. The average Bonchev–Trinajstić information content (AvgIpc) is 2.17. The van der Waals surface area contributed by atoms with Crippen molar-refractivity contribution in [2.45, 2.75) is 19.3 Å². The first-order valence-electron chi connectivity index (χ1n) is 4.77. The zero-order valence-electron chi connectivity index (χ0n) is 8.27.